The summed E-state index contributed by atoms with van der Waals surface area (Å²) < 4.78 is 26.7. The maximum absolute atomic E-state index is 12.2. The van der Waals surface area contributed by atoms with E-state index in [1.165, 1.54) is 24.8 Å². The Morgan fingerprint density at radius 1 is 1.22 bits per heavy atom. The zero-order valence-corrected chi connectivity index (χ0v) is 10.5. The topological polar surface area (TPSA) is 98.0 Å². The standard InChI is InChI=1S/C11H12N4O2S/c1-8-2-3-9(12)4-11(8)18(16,17)15-10-5-13-7-14-6-10/h2-7,15H,12H2,1H3. The Morgan fingerprint density at radius 3 is 2.56 bits per heavy atom. The molecule has 0 bridgehead atoms. The van der Waals surface area contributed by atoms with Crippen molar-refractivity contribution < 1.29 is 8.42 Å². The molecule has 1 heterocycles. The summed E-state index contributed by atoms with van der Waals surface area (Å²) in [6.07, 6.45) is 4.09. The highest BCUT2D eigenvalue weighted by Gasteiger charge is 2.17. The van der Waals surface area contributed by atoms with E-state index in [4.69, 9.17) is 5.73 Å². The van der Waals surface area contributed by atoms with Crippen LogP contribution in [0.3, 0.4) is 0 Å². The molecule has 94 valence electrons. The van der Waals surface area contributed by atoms with Crippen LogP contribution in [0.4, 0.5) is 11.4 Å². The molecule has 0 aliphatic rings. The molecule has 0 atom stereocenters. The molecule has 2 rings (SSSR count). The lowest BCUT2D eigenvalue weighted by Gasteiger charge is -2.10. The van der Waals surface area contributed by atoms with Crippen LogP contribution in [0.15, 0.2) is 41.8 Å². The average molecular weight is 264 g/mol. The SMILES string of the molecule is Cc1ccc(N)cc1S(=O)(=O)Nc1cncnc1. The fourth-order valence-electron chi connectivity index (χ4n) is 1.47. The fourth-order valence-corrected chi connectivity index (χ4v) is 2.78. The molecule has 0 saturated heterocycles. The number of hydrogen-bond acceptors (Lipinski definition) is 5. The molecular weight excluding hydrogens is 252 g/mol. The van der Waals surface area contributed by atoms with Gasteiger partial charge in [0, 0.05) is 5.69 Å². The summed E-state index contributed by atoms with van der Waals surface area (Å²) in [6, 6.07) is 4.73. The maximum atomic E-state index is 12.2. The number of benzene rings is 1. The molecule has 0 fully saturated rings. The lowest BCUT2D eigenvalue weighted by atomic mass is 10.2. The number of aromatic nitrogens is 2. The van der Waals surface area contributed by atoms with Crippen molar-refractivity contribution in [3.8, 4) is 0 Å². The van der Waals surface area contributed by atoms with E-state index in [0.717, 1.165) is 0 Å². The lowest BCUT2D eigenvalue weighted by Crippen LogP contribution is -2.14. The number of nitrogen functional groups attached to an aromatic ring is 1. The number of sulfonamides is 1. The molecule has 0 spiro atoms. The Kier molecular flexibility index (Phi) is 3.15. The van der Waals surface area contributed by atoms with Gasteiger partial charge in [-0.25, -0.2) is 18.4 Å². The zero-order valence-electron chi connectivity index (χ0n) is 9.66. The fraction of sp³-hybridized carbons (Fsp3) is 0.0909. The van der Waals surface area contributed by atoms with Crippen LogP contribution in [0.1, 0.15) is 5.56 Å². The summed E-state index contributed by atoms with van der Waals surface area (Å²) in [4.78, 5) is 7.62. The van der Waals surface area contributed by atoms with Gasteiger partial charge in [-0.1, -0.05) is 6.07 Å². The third-order valence-electron chi connectivity index (χ3n) is 2.31. The monoisotopic (exact) mass is 264 g/mol. The molecule has 0 radical (unpaired) electrons. The van der Waals surface area contributed by atoms with E-state index in [-0.39, 0.29) is 4.90 Å². The Balaban J connectivity index is 2.40. The van der Waals surface area contributed by atoms with E-state index >= 15 is 0 Å². The van der Waals surface area contributed by atoms with Crippen molar-refractivity contribution in [3.63, 3.8) is 0 Å². The van der Waals surface area contributed by atoms with Gasteiger partial charge in [0.2, 0.25) is 0 Å². The summed E-state index contributed by atoms with van der Waals surface area (Å²) in [6.45, 7) is 1.70. The van der Waals surface area contributed by atoms with Gasteiger partial charge in [-0.2, -0.15) is 0 Å². The van der Waals surface area contributed by atoms with Crippen molar-refractivity contribution in [2.75, 3.05) is 10.5 Å². The van der Waals surface area contributed by atoms with Crippen LogP contribution in [0.5, 0.6) is 0 Å². The van der Waals surface area contributed by atoms with Crippen molar-refractivity contribution >= 4 is 21.4 Å². The quantitative estimate of drug-likeness (QED) is 0.811. The Labute approximate surface area is 105 Å². The highest BCUT2D eigenvalue weighted by Crippen LogP contribution is 2.20. The first kappa shape index (κ1) is 12.3. The minimum atomic E-state index is -3.68. The molecule has 1 aromatic heterocycles. The second-order valence-corrected chi connectivity index (χ2v) is 5.41. The number of nitrogens with two attached hydrogens (primary N) is 1. The van der Waals surface area contributed by atoms with E-state index in [1.54, 1.807) is 19.1 Å². The van der Waals surface area contributed by atoms with Gasteiger partial charge in [-0.3, -0.25) is 4.72 Å². The van der Waals surface area contributed by atoms with Gasteiger partial charge in [-0.05, 0) is 24.6 Å². The van der Waals surface area contributed by atoms with Crippen molar-refractivity contribution in [3.05, 3.63) is 42.5 Å². The van der Waals surface area contributed by atoms with Gasteiger partial charge in [0.15, 0.2) is 0 Å². The molecule has 6 nitrogen and oxygen atoms in total. The van der Waals surface area contributed by atoms with Crippen LogP contribution < -0.4 is 10.5 Å². The molecule has 18 heavy (non-hydrogen) atoms. The van der Waals surface area contributed by atoms with Gasteiger partial charge >= 0.3 is 0 Å². The van der Waals surface area contributed by atoms with Crippen LogP contribution in [0.25, 0.3) is 0 Å². The molecule has 0 saturated carbocycles. The molecule has 3 N–H and O–H groups in total. The second-order valence-electron chi connectivity index (χ2n) is 3.76. The molecule has 7 heteroatoms. The van der Waals surface area contributed by atoms with E-state index < -0.39 is 10.0 Å². The summed E-state index contributed by atoms with van der Waals surface area (Å²) in [7, 11) is -3.68. The van der Waals surface area contributed by atoms with Crippen LogP contribution in [0, 0.1) is 6.92 Å². The van der Waals surface area contributed by atoms with Crippen molar-refractivity contribution in [2.24, 2.45) is 0 Å². The average Bonchev–Trinajstić information content (AvgIpc) is 2.33. The Hall–Kier alpha value is -2.15. The Morgan fingerprint density at radius 2 is 1.89 bits per heavy atom. The summed E-state index contributed by atoms with van der Waals surface area (Å²) in [5.74, 6) is 0. The third-order valence-corrected chi connectivity index (χ3v) is 3.84. The van der Waals surface area contributed by atoms with E-state index in [2.05, 4.69) is 14.7 Å². The first-order chi connectivity index (χ1) is 8.49. The van der Waals surface area contributed by atoms with Crippen LogP contribution in [0.2, 0.25) is 0 Å². The number of hydrogen-bond donors (Lipinski definition) is 2. The van der Waals surface area contributed by atoms with Gasteiger partial charge in [0.1, 0.15) is 6.33 Å². The molecular formula is C11H12N4O2S. The third kappa shape index (κ3) is 2.57. The minimum Gasteiger partial charge on any atom is -0.399 e. The van der Waals surface area contributed by atoms with Crippen LogP contribution >= 0.6 is 0 Å². The van der Waals surface area contributed by atoms with Crippen molar-refractivity contribution in [1.29, 1.82) is 0 Å². The first-order valence-corrected chi connectivity index (χ1v) is 6.61. The smallest absolute Gasteiger partial charge is 0.262 e. The van der Waals surface area contributed by atoms with Crippen molar-refractivity contribution in [2.45, 2.75) is 11.8 Å². The lowest BCUT2D eigenvalue weighted by molar-refractivity contribution is 0.600. The predicted molar refractivity (Wildman–Crippen MR) is 68.4 cm³/mol. The van der Waals surface area contributed by atoms with Gasteiger partial charge < -0.3 is 5.73 Å². The molecule has 0 unspecified atom stereocenters. The number of rotatable bonds is 3. The Bertz CT molecular complexity index is 656. The van der Waals surface area contributed by atoms with E-state index in [1.807, 2.05) is 0 Å². The number of nitrogens with zero attached hydrogens (tertiary/aromatic N) is 2. The van der Waals surface area contributed by atoms with E-state index in [0.29, 0.717) is 16.9 Å². The highest BCUT2D eigenvalue weighted by molar-refractivity contribution is 7.92. The van der Waals surface area contributed by atoms with Crippen molar-refractivity contribution in [1.82, 2.24) is 9.97 Å². The van der Waals surface area contributed by atoms with Crippen LogP contribution in [-0.4, -0.2) is 18.4 Å². The largest absolute Gasteiger partial charge is 0.399 e. The molecule has 2 aromatic rings. The number of aryl methyl sites for hydroxylation is 1. The summed E-state index contributed by atoms with van der Waals surface area (Å²) in [5.41, 5.74) is 6.92. The van der Waals surface area contributed by atoms with E-state index in [9.17, 15) is 8.42 Å². The molecule has 0 amide bonds. The molecule has 0 aliphatic carbocycles. The number of nitrogens with one attached hydrogen (secondary N) is 1. The second kappa shape index (κ2) is 4.61. The normalized spacial score (nSPS) is 11.2. The molecule has 0 aliphatic heterocycles. The molecule has 1 aromatic carbocycles. The van der Waals surface area contributed by atoms with Gasteiger partial charge in [-0.15, -0.1) is 0 Å². The summed E-state index contributed by atoms with van der Waals surface area (Å²) >= 11 is 0. The van der Waals surface area contributed by atoms with Gasteiger partial charge in [0.25, 0.3) is 10.0 Å². The first-order valence-electron chi connectivity index (χ1n) is 5.13. The zero-order chi connectivity index (χ0) is 13.2. The highest BCUT2D eigenvalue weighted by atomic mass is 32.2. The summed E-state index contributed by atoms with van der Waals surface area (Å²) in [5, 5.41) is 0. The van der Waals surface area contributed by atoms with Gasteiger partial charge in [0.05, 0.1) is 23.0 Å². The number of anilines is 2. The minimum absolute atomic E-state index is 0.145. The van der Waals surface area contributed by atoms with Crippen LogP contribution in [-0.2, 0) is 10.0 Å². The maximum Gasteiger partial charge on any atom is 0.262 e. The predicted octanol–water partition coefficient (Wildman–Crippen LogP) is 1.17.